The van der Waals surface area contributed by atoms with Crippen LogP contribution in [-0.4, -0.2) is 5.54 Å². The Bertz CT molecular complexity index is 441. The minimum absolute atomic E-state index is 0.172. The molecule has 1 saturated carbocycles. The van der Waals surface area contributed by atoms with Gasteiger partial charge >= 0.3 is 0 Å². The molecule has 1 aromatic rings. The van der Waals surface area contributed by atoms with Gasteiger partial charge in [-0.05, 0) is 56.6 Å². The molecular weight excluding hydrogens is 230 g/mol. The third kappa shape index (κ3) is 3.82. The number of hydrogen-bond donors (Lipinski definition) is 1. The molecule has 1 aliphatic rings. The third-order valence-corrected chi connectivity index (χ3v) is 3.62. The Kier molecular flexibility index (Phi) is 3.55. The zero-order valence-corrected chi connectivity index (χ0v) is 13.4. The van der Waals surface area contributed by atoms with Crippen LogP contribution in [0.4, 0.5) is 0 Å². The van der Waals surface area contributed by atoms with E-state index < -0.39 is 0 Å². The average molecular weight is 259 g/mol. The van der Waals surface area contributed by atoms with Crippen LogP contribution in [0.3, 0.4) is 0 Å². The van der Waals surface area contributed by atoms with E-state index in [4.69, 9.17) is 0 Å². The Hall–Kier alpha value is -0.820. The smallest absolute Gasteiger partial charge is 0.0442 e. The van der Waals surface area contributed by atoms with Gasteiger partial charge in [0.05, 0.1) is 0 Å². The number of hydrogen-bond acceptors (Lipinski definition) is 1. The average Bonchev–Trinajstić information content (AvgIpc) is 2.94. The summed E-state index contributed by atoms with van der Waals surface area (Å²) in [5.74, 6) is 0. The summed E-state index contributed by atoms with van der Waals surface area (Å²) in [6.45, 7) is 13.7. The van der Waals surface area contributed by atoms with E-state index in [2.05, 4.69) is 71.1 Å². The van der Waals surface area contributed by atoms with Crippen LogP contribution in [0.25, 0.3) is 0 Å². The van der Waals surface area contributed by atoms with E-state index in [0.29, 0.717) is 5.41 Å². The predicted molar refractivity (Wildman–Crippen MR) is 83.4 cm³/mol. The van der Waals surface area contributed by atoms with E-state index in [-0.39, 0.29) is 11.1 Å². The molecule has 0 heterocycles. The van der Waals surface area contributed by atoms with Crippen molar-refractivity contribution in [1.29, 1.82) is 0 Å². The molecular formula is C18H29N. The summed E-state index contributed by atoms with van der Waals surface area (Å²) < 4.78 is 0. The molecule has 1 nitrogen and oxygen atoms in total. The van der Waals surface area contributed by atoms with Crippen LogP contribution in [0.2, 0.25) is 0 Å². The highest BCUT2D eigenvalue weighted by molar-refractivity contribution is 5.38. The van der Waals surface area contributed by atoms with E-state index in [1.54, 1.807) is 0 Å². The molecule has 0 saturated heterocycles. The van der Waals surface area contributed by atoms with Gasteiger partial charge in [0.25, 0.3) is 0 Å². The van der Waals surface area contributed by atoms with Gasteiger partial charge in [0.15, 0.2) is 0 Å². The highest BCUT2D eigenvalue weighted by Crippen LogP contribution is 2.48. The van der Waals surface area contributed by atoms with Crippen molar-refractivity contribution in [2.45, 2.75) is 71.9 Å². The lowest BCUT2D eigenvalue weighted by Crippen LogP contribution is -2.44. The van der Waals surface area contributed by atoms with Crippen LogP contribution in [0.15, 0.2) is 24.3 Å². The summed E-state index contributed by atoms with van der Waals surface area (Å²) in [4.78, 5) is 0. The van der Waals surface area contributed by atoms with Crippen LogP contribution in [-0.2, 0) is 12.0 Å². The van der Waals surface area contributed by atoms with Gasteiger partial charge in [-0.25, -0.2) is 0 Å². The first-order valence-electron chi connectivity index (χ1n) is 7.49. The fourth-order valence-electron chi connectivity index (χ4n) is 3.02. The molecule has 0 aromatic heterocycles. The van der Waals surface area contributed by atoms with E-state index >= 15 is 0 Å². The quantitative estimate of drug-likeness (QED) is 0.833. The first kappa shape index (κ1) is 14.6. The second kappa shape index (κ2) is 4.63. The summed E-state index contributed by atoms with van der Waals surface area (Å²) in [5, 5.41) is 3.85. The van der Waals surface area contributed by atoms with Crippen molar-refractivity contribution in [3.63, 3.8) is 0 Å². The lowest BCUT2D eigenvalue weighted by Gasteiger charge is -2.31. The molecule has 1 aliphatic carbocycles. The maximum atomic E-state index is 3.85. The molecule has 1 fully saturated rings. The lowest BCUT2D eigenvalue weighted by atomic mass is 9.84. The molecule has 1 N–H and O–H groups in total. The molecule has 0 amide bonds. The third-order valence-electron chi connectivity index (χ3n) is 3.62. The summed E-state index contributed by atoms with van der Waals surface area (Å²) in [7, 11) is 0. The Morgan fingerprint density at radius 2 is 1.58 bits per heavy atom. The van der Waals surface area contributed by atoms with Crippen molar-refractivity contribution >= 4 is 0 Å². The SMILES string of the molecule is CC(C)(C)Cc1ccccc1C1(NC(C)(C)C)CC1. The molecule has 106 valence electrons. The maximum absolute atomic E-state index is 3.85. The van der Waals surface area contributed by atoms with Crippen LogP contribution in [0.1, 0.15) is 65.5 Å². The molecule has 0 bridgehead atoms. The van der Waals surface area contributed by atoms with Crippen molar-refractivity contribution in [2.24, 2.45) is 5.41 Å². The van der Waals surface area contributed by atoms with Gasteiger partial charge in [0, 0.05) is 11.1 Å². The highest BCUT2D eigenvalue weighted by atomic mass is 15.1. The van der Waals surface area contributed by atoms with E-state index in [0.717, 1.165) is 6.42 Å². The zero-order valence-electron chi connectivity index (χ0n) is 13.4. The fraction of sp³-hybridized carbons (Fsp3) is 0.667. The number of rotatable bonds is 3. The standard InChI is InChI=1S/C18H29N/c1-16(2,3)13-14-9-7-8-10-15(14)18(11-12-18)19-17(4,5)6/h7-10,19H,11-13H2,1-6H3. The van der Waals surface area contributed by atoms with Crippen molar-refractivity contribution in [1.82, 2.24) is 5.32 Å². The first-order valence-corrected chi connectivity index (χ1v) is 7.49. The van der Waals surface area contributed by atoms with Gasteiger partial charge in [0.1, 0.15) is 0 Å². The van der Waals surface area contributed by atoms with E-state index in [9.17, 15) is 0 Å². The summed E-state index contributed by atoms with van der Waals surface area (Å²) in [5.41, 5.74) is 3.79. The largest absolute Gasteiger partial charge is 0.303 e. The number of nitrogens with one attached hydrogen (secondary N) is 1. The monoisotopic (exact) mass is 259 g/mol. The topological polar surface area (TPSA) is 12.0 Å². The van der Waals surface area contributed by atoms with Crippen molar-refractivity contribution in [3.05, 3.63) is 35.4 Å². The van der Waals surface area contributed by atoms with Crippen LogP contribution >= 0.6 is 0 Å². The molecule has 0 aliphatic heterocycles. The highest BCUT2D eigenvalue weighted by Gasteiger charge is 2.47. The molecule has 19 heavy (non-hydrogen) atoms. The summed E-state index contributed by atoms with van der Waals surface area (Å²) in [6, 6.07) is 9.00. The Morgan fingerprint density at radius 1 is 1.00 bits per heavy atom. The van der Waals surface area contributed by atoms with Crippen LogP contribution < -0.4 is 5.32 Å². The van der Waals surface area contributed by atoms with Gasteiger partial charge in [-0.3, -0.25) is 0 Å². The van der Waals surface area contributed by atoms with Crippen molar-refractivity contribution in [3.8, 4) is 0 Å². The first-order chi connectivity index (χ1) is 8.61. The summed E-state index contributed by atoms with van der Waals surface area (Å²) >= 11 is 0. The van der Waals surface area contributed by atoms with Crippen molar-refractivity contribution in [2.75, 3.05) is 0 Å². The number of benzene rings is 1. The molecule has 2 rings (SSSR count). The van der Waals surface area contributed by atoms with Crippen molar-refractivity contribution < 1.29 is 0 Å². The van der Waals surface area contributed by atoms with E-state index in [1.807, 2.05) is 0 Å². The zero-order chi connectivity index (χ0) is 14.3. The Labute approximate surface area is 118 Å². The molecule has 1 aromatic carbocycles. The van der Waals surface area contributed by atoms with Crippen LogP contribution in [0, 0.1) is 5.41 Å². The minimum atomic E-state index is 0.172. The Balaban J connectivity index is 2.30. The molecule has 0 atom stereocenters. The van der Waals surface area contributed by atoms with Gasteiger partial charge in [-0.1, -0.05) is 45.0 Å². The van der Waals surface area contributed by atoms with Gasteiger partial charge in [-0.15, -0.1) is 0 Å². The second-order valence-corrected chi connectivity index (χ2v) is 8.35. The second-order valence-electron chi connectivity index (χ2n) is 8.35. The minimum Gasteiger partial charge on any atom is -0.303 e. The van der Waals surface area contributed by atoms with E-state index in [1.165, 1.54) is 24.0 Å². The molecule has 0 unspecified atom stereocenters. The molecule has 1 heteroatoms. The normalized spacial score (nSPS) is 18.4. The maximum Gasteiger partial charge on any atom is 0.0442 e. The van der Waals surface area contributed by atoms with Crippen LogP contribution in [0.5, 0.6) is 0 Å². The molecule has 0 spiro atoms. The Morgan fingerprint density at radius 3 is 2.05 bits per heavy atom. The van der Waals surface area contributed by atoms with Gasteiger partial charge in [-0.2, -0.15) is 0 Å². The lowest BCUT2D eigenvalue weighted by molar-refractivity contribution is 0.343. The molecule has 0 radical (unpaired) electrons. The van der Waals surface area contributed by atoms with Gasteiger partial charge in [0.2, 0.25) is 0 Å². The fourth-order valence-corrected chi connectivity index (χ4v) is 3.02. The predicted octanol–water partition coefficient (Wildman–Crippen LogP) is 4.65. The van der Waals surface area contributed by atoms with Gasteiger partial charge < -0.3 is 5.32 Å². The summed E-state index contributed by atoms with van der Waals surface area (Å²) in [6.07, 6.45) is 3.69.